The van der Waals surface area contributed by atoms with Crippen molar-refractivity contribution in [2.24, 2.45) is 0 Å². The molecule has 0 aliphatic heterocycles. The number of carboxylic acid groups (broad SMARTS) is 1. The van der Waals surface area contributed by atoms with Crippen LogP contribution in [0.4, 0.5) is 0 Å². The fourth-order valence-corrected chi connectivity index (χ4v) is 2.39. The normalized spacial score (nSPS) is 15.7. The van der Waals surface area contributed by atoms with Crippen LogP contribution in [0.2, 0.25) is 0 Å². The molecule has 0 aromatic heterocycles. The average molecular weight is 330 g/mol. The van der Waals surface area contributed by atoms with Crippen molar-refractivity contribution in [1.29, 1.82) is 0 Å². The third-order valence-corrected chi connectivity index (χ3v) is 3.88. The third kappa shape index (κ3) is 15.8. The SMILES string of the molecule is CCCCCC(O)CCC(O)/C=C/C(O)CCCCCC(=O)O. The van der Waals surface area contributed by atoms with E-state index >= 15 is 0 Å². The quantitative estimate of drug-likeness (QED) is 0.273. The van der Waals surface area contributed by atoms with Gasteiger partial charge >= 0.3 is 5.97 Å². The van der Waals surface area contributed by atoms with Gasteiger partial charge < -0.3 is 20.4 Å². The molecule has 0 saturated heterocycles. The Morgan fingerprint density at radius 1 is 0.826 bits per heavy atom. The maximum atomic E-state index is 10.4. The first kappa shape index (κ1) is 22.1. The topological polar surface area (TPSA) is 98.0 Å². The molecule has 0 radical (unpaired) electrons. The molecular weight excluding hydrogens is 296 g/mol. The molecule has 23 heavy (non-hydrogen) atoms. The number of carboxylic acids is 1. The number of unbranched alkanes of at least 4 members (excludes halogenated alkanes) is 4. The average Bonchev–Trinajstić information content (AvgIpc) is 2.50. The van der Waals surface area contributed by atoms with Gasteiger partial charge in [0.25, 0.3) is 0 Å². The van der Waals surface area contributed by atoms with Crippen molar-refractivity contribution in [3.05, 3.63) is 12.2 Å². The van der Waals surface area contributed by atoms with Gasteiger partial charge in [-0.15, -0.1) is 0 Å². The highest BCUT2D eigenvalue weighted by Crippen LogP contribution is 2.11. The van der Waals surface area contributed by atoms with Crippen LogP contribution >= 0.6 is 0 Å². The Hall–Kier alpha value is -0.910. The molecule has 0 aliphatic carbocycles. The van der Waals surface area contributed by atoms with E-state index in [4.69, 9.17) is 5.11 Å². The first-order valence-electron chi connectivity index (χ1n) is 8.90. The van der Waals surface area contributed by atoms with Crippen LogP contribution in [-0.2, 0) is 4.79 Å². The molecule has 5 heteroatoms. The minimum Gasteiger partial charge on any atom is -0.481 e. The van der Waals surface area contributed by atoms with E-state index in [0.29, 0.717) is 25.7 Å². The van der Waals surface area contributed by atoms with E-state index in [1.54, 1.807) is 12.2 Å². The first-order valence-corrected chi connectivity index (χ1v) is 8.90. The van der Waals surface area contributed by atoms with Gasteiger partial charge in [0.2, 0.25) is 0 Å². The molecule has 136 valence electrons. The smallest absolute Gasteiger partial charge is 0.303 e. The molecule has 5 nitrogen and oxygen atoms in total. The summed E-state index contributed by atoms with van der Waals surface area (Å²) >= 11 is 0. The lowest BCUT2D eigenvalue weighted by molar-refractivity contribution is -0.137. The fourth-order valence-electron chi connectivity index (χ4n) is 2.39. The molecule has 0 spiro atoms. The van der Waals surface area contributed by atoms with Crippen molar-refractivity contribution in [1.82, 2.24) is 0 Å². The second-order valence-corrected chi connectivity index (χ2v) is 6.24. The summed E-state index contributed by atoms with van der Waals surface area (Å²) in [7, 11) is 0. The first-order chi connectivity index (χ1) is 11.0. The van der Waals surface area contributed by atoms with Gasteiger partial charge in [0.05, 0.1) is 18.3 Å². The number of carbonyl (C=O) groups is 1. The van der Waals surface area contributed by atoms with E-state index in [1.807, 2.05) is 0 Å². The highest BCUT2D eigenvalue weighted by molar-refractivity contribution is 5.66. The largest absolute Gasteiger partial charge is 0.481 e. The maximum absolute atomic E-state index is 10.4. The highest BCUT2D eigenvalue weighted by Gasteiger charge is 2.08. The van der Waals surface area contributed by atoms with Crippen LogP contribution in [0.1, 0.15) is 77.6 Å². The molecule has 0 bridgehead atoms. The fraction of sp³-hybridized carbons (Fsp3) is 0.833. The highest BCUT2D eigenvalue weighted by atomic mass is 16.4. The minimum absolute atomic E-state index is 0.172. The van der Waals surface area contributed by atoms with Gasteiger partial charge in [0.15, 0.2) is 0 Å². The van der Waals surface area contributed by atoms with E-state index < -0.39 is 18.2 Å². The van der Waals surface area contributed by atoms with E-state index in [0.717, 1.165) is 38.5 Å². The molecule has 0 aromatic rings. The number of rotatable bonds is 15. The Bertz CT molecular complexity index is 317. The second-order valence-electron chi connectivity index (χ2n) is 6.24. The van der Waals surface area contributed by atoms with E-state index in [9.17, 15) is 20.1 Å². The Balaban J connectivity index is 3.68. The van der Waals surface area contributed by atoms with Gasteiger partial charge in [0, 0.05) is 6.42 Å². The molecular formula is C18H34O5. The lowest BCUT2D eigenvalue weighted by Gasteiger charge is -2.12. The number of aliphatic hydroxyl groups excluding tert-OH is 3. The van der Waals surface area contributed by atoms with Crippen molar-refractivity contribution in [3.63, 3.8) is 0 Å². The Morgan fingerprint density at radius 2 is 1.43 bits per heavy atom. The van der Waals surface area contributed by atoms with Crippen molar-refractivity contribution >= 4 is 5.97 Å². The Kier molecular flexibility index (Phi) is 14.1. The maximum Gasteiger partial charge on any atom is 0.303 e. The molecule has 0 saturated carbocycles. The molecule has 3 unspecified atom stereocenters. The number of hydrogen-bond acceptors (Lipinski definition) is 4. The lowest BCUT2D eigenvalue weighted by Crippen LogP contribution is -2.12. The summed E-state index contributed by atoms with van der Waals surface area (Å²) in [5.41, 5.74) is 0. The standard InChI is InChI=1S/C18H34O5/c1-2-3-5-8-15(19)11-13-17(21)14-12-16(20)9-6-4-7-10-18(22)23/h12,14-17,19-21H,2-11,13H2,1H3,(H,22,23)/b14-12+. The Labute approximate surface area is 140 Å². The summed E-state index contributed by atoms with van der Waals surface area (Å²) in [6.45, 7) is 2.12. The molecule has 0 fully saturated rings. The summed E-state index contributed by atoms with van der Waals surface area (Å²) in [6, 6.07) is 0. The van der Waals surface area contributed by atoms with Gasteiger partial charge in [-0.05, 0) is 32.1 Å². The van der Waals surface area contributed by atoms with E-state index in [2.05, 4.69) is 6.92 Å². The van der Waals surface area contributed by atoms with Crippen molar-refractivity contribution < 1.29 is 25.2 Å². The van der Waals surface area contributed by atoms with Crippen LogP contribution < -0.4 is 0 Å². The van der Waals surface area contributed by atoms with E-state index in [1.165, 1.54) is 0 Å². The zero-order chi connectivity index (χ0) is 17.5. The second kappa shape index (κ2) is 14.7. The van der Waals surface area contributed by atoms with Crippen molar-refractivity contribution in [3.8, 4) is 0 Å². The van der Waals surface area contributed by atoms with Crippen LogP contribution in [-0.4, -0.2) is 44.7 Å². The Morgan fingerprint density at radius 3 is 2.04 bits per heavy atom. The summed E-state index contributed by atoms with van der Waals surface area (Å²) < 4.78 is 0. The van der Waals surface area contributed by atoms with Crippen LogP contribution in [0.5, 0.6) is 0 Å². The van der Waals surface area contributed by atoms with Crippen molar-refractivity contribution in [2.45, 2.75) is 95.9 Å². The third-order valence-electron chi connectivity index (χ3n) is 3.88. The summed E-state index contributed by atoms with van der Waals surface area (Å²) in [4.78, 5) is 10.4. The van der Waals surface area contributed by atoms with Gasteiger partial charge in [-0.25, -0.2) is 0 Å². The molecule has 4 N–H and O–H groups in total. The molecule has 0 rings (SSSR count). The van der Waals surface area contributed by atoms with Crippen LogP contribution in [0.3, 0.4) is 0 Å². The van der Waals surface area contributed by atoms with Crippen LogP contribution in [0.15, 0.2) is 12.2 Å². The molecule has 0 aliphatic rings. The zero-order valence-corrected chi connectivity index (χ0v) is 14.4. The molecule has 0 heterocycles. The summed E-state index contributed by atoms with van der Waals surface area (Å²) in [5, 5.41) is 37.9. The van der Waals surface area contributed by atoms with Gasteiger partial charge in [-0.2, -0.15) is 0 Å². The number of aliphatic hydroxyl groups is 3. The molecule has 0 amide bonds. The van der Waals surface area contributed by atoms with Gasteiger partial charge in [-0.3, -0.25) is 4.79 Å². The van der Waals surface area contributed by atoms with Crippen LogP contribution in [0, 0.1) is 0 Å². The van der Waals surface area contributed by atoms with Crippen molar-refractivity contribution in [2.75, 3.05) is 0 Å². The zero-order valence-electron chi connectivity index (χ0n) is 14.4. The predicted octanol–water partition coefficient (Wildman–Crippen LogP) is 3.02. The molecule has 0 aromatic carbocycles. The number of hydrogen-bond donors (Lipinski definition) is 4. The van der Waals surface area contributed by atoms with Gasteiger partial charge in [0.1, 0.15) is 0 Å². The number of aliphatic carboxylic acids is 1. The molecule has 3 atom stereocenters. The van der Waals surface area contributed by atoms with Gasteiger partial charge in [-0.1, -0.05) is 51.2 Å². The minimum atomic E-state index is -0.787. The van der Waals surface area contributed by atoms with E-state index in [-0.39, 0.29) is 12.5 Å². The summed E-state index contributed by atoms with van der Waals surface area (Å²) in [6.07, 6.45) is 9.61. The van der Waals surface area contributed by atoms with Crippen LogP contribution in [0.25, 0.3) is 0 Å². The summed E-state index contributed by atoms with van der Waals surface area (Å²) in [5.74, 6) is -0.787. The lowest BCUT2D eigenvalue weighted by atomic mass is 10.0. The monoisotopic (exact) mass is 330 g/mol. The predicted molar refractivity (Wildman–Crippen MR) is 91.3 cm³/mol.